The summed E-state index contributed by atoms with van der Waals surface area (Å²) in [5.74, 6) is 0.584. The molecule has 0 fully saturated rings. The molecule has 5 rings (SSSR count). The highest BCUT2D eigenvalue weighted by atomic mass is 32.2. The number of fused-ring (bicyclic) bond motifs is 2. The number of carbonyl (C=O) groups is 1. The molecule has 2 aliphatic heterocycles. The number of hydrogen-bond acceptors (Lipinski definition) is 7. The van der Waals surface area contributed by atoms with Crippen molar-refractivity contribution in [2.45, 2.75) is 37.5 Å². The van der Waals surface area contributed by atoms with Gasteiger partial charge in [-0.2, -0.15) is 13.2 Å². The first-order chi connectivity index (χ1) is 16.2. The largest absolute Gasteiger partial charge is 0.420 e. The second-order valence-corrected chi connectivity index (χ2v) is 10.4. The van der Waals surface area contributed by atoms with Crippen molar-refractivity contribution in [3.8, 4) is 10.6 Å². The van der Waals surface area contributed by atoms with Crippen LogP contribution in [0.3, 0.4) is 0 Å². The predicted molar refractivity (Wildman–Crippen MR) is 128 cm³/mol. The number of aryl methyl sites for hydroxylation is 1. The third-order valence-corrected chi connectivity index (χ3v) is 8.21. The number of nitrogens with zero attached hydrogens (tertiary/aromatic N) is 3. The SMILES string of the molecule is CCc1cc2c(cc1Nc1ncc(C(F)(F)F)c(-c3cc4c(s3)C(=O)N(C)CCS4)n1)CNC2. The number of thiophene rings is 1. The van der Waals surface area contributed by atoms with Crippen LogP contribution < -0.4 is 10.6 Å². The van der Waals surface area contributed by atoms with E-state index in [4.69, 9.17) is 0 Å². The van der Waals surface area contributed by atoms with Gasteiger partial charge in [-0.3, -0.25) is 4.79 Å². The van der Waals surface area contributed by atoms with Crippen molar-refractivity contribution in [2.75, 3.05) is 24.7 Å². The van der Waals surface area contributed by atoms with Gasteiger partial charge in [0.05, 0.1) is 10.6 Å². The maximum atomic E-state index is 13.9. The van der Waals surface area contributed by atoms with E-state index in [1.54, 1.807) is 18.0 Å². The van der Waals surface area contributed by atoms with E-state index in [0.29, 0.717) is 26.9 Å². The number of benzene rings is 1. The fourth-order valence-corrected chi connectivity index (χ4v) is 6.52. The maximum absolute atomic E-state index is 13.9. The summed E-state index contributed by atoms with van der Waals surface area (Å²) in [5, 5.41) is 6.44. The Labute approximate surface area is 203 Å². The molecule has 0 aliphatic carbocycles. The molecule has 1 aromatic carbocycles. The van der Waals surface area contributed by atoms with Crippen LogP contribution in [0.4, 0.5) is 24.8 Å². The highest BCUT2D eigenvalue weighted by Gasteiger charge is 2.37. The number of halogens is 3. The van der Waals surface area contributed by atoms with Gasteiger partial charge in [-0.25, -0.2) is 9.97 Å². The molecule has 1 amide bonds. The van der Waals surface area contributed by atoms with Gasteiger partial charge in [0.15, 0.2) is 0 Å². The Balaban J connectivity index is 1.57. The van der Waals surface area contributed by atoms with Gasteiger partial charge >= 0.3 is 6.18 Å². The van der Waals surface area contributed by atoms with Crippen LogP contribution in [0.25, 0.3) is 10.6 Å². The van der Waals surface area contributed by atoms with E-state index >= 15 is 0 Å². The molecular formula is C23H22F3N5OS2. The monoisotopic (exact) mass is 505 g/mol. The molecule has 178 valence electrons. The second kappa shape index (κ2) is 8.86. The van der Waals surface area contributed by atoms with Crippen molar-refractivity contribution in [2.24, 2.45) is 0 Å². The van der Waals surface area contributed by atoms with Gasteiger partial charge < -0.3 is 15.5 Å². The molecule has 0 radical (unpaired) electrons. The molecule has 2 aromatic heterocycles. The predicted octanol–water partition coefficient (Wildman–Crippen LogP) is 5.31. The topological polar surface area (TPSA) is 70.2 Å². The summed E-state index contributed by atoms with van der Waals surface area (Å²) in [6, 6.07) is 5.76. The highest BCUT2D eigenvalue weighted by molar-refractivity contribution is 7.99. The summed E-state index contributed by atoms with van der Waals surface area (Å²) in [6.07, 6.45) is -3.05. The van der Waals surface area contributed by atoms with E-state index in [9.17, 15) is 18.0 Å². The third kappa shape index (κ3) is 4.27. The van der Waals surface area contributed by atoms with Crippen LogP contribution in [0.15, 0.2) is 29.3 Å². The Morgan fingerprint density at radius 3 is 2.71 bits per heavy atom. The van der Waals surface area contributed by atoms with Gasteiger partial charge in [0.25, 0.3) is 5.91 Å². The summed E-state index contributed by atoms with van der Waals surface area (Å²) in [7, 11) is 1.70. The van der Waals surface area contributed by atoms with Crippen molar-refractivity contribution in [1.82, 2.24) is 20.2 Å². The Bertz CT molecular complexity index is 1270. The number of anilines is 2. The molecule has 11 heteroatoms. The smallest absolute Gasteiger partial charge is 0.340 e. The fourth-order valence-electron chi connectivity index (χ4n) is 4.08. The fraction of sp³-hybridized carbons (Fsp3) is 0.348. The number of amides is 1. The van der Waals surface area contributed by atoms with E-state index in [1.807, 2.05) is 13.0 Å². The van der Waals surface area contributed by atoms with Gasteiger partial charge in [0.2, 0.25) is 5.95 Å². The summed E-state index contributed by atoms with van der Waals surface area (Å²) < 4.78 is 41.6. The van der Waals surface area contributed by atoms with Gasteiger partial charge in [-0.1, -0.05) is 13.0 Å². The number of carbonyl (C=O) groups excluding carboxylic acids is 1. The lowest BCUT2D eigenvalue weighted by Gasteiger charge is -2.15. The summed E-state index contributed by atoms with van der Waals surface area (Å²) in [4.78, 5) is 24.0. The lowest BCUT2D eigenvalue weighted by Crippen LogP contribution is -2.26. The average Bonchev–Trinajstić information content (AvgIpc) is 3.41. The van der Waals surface area contributed by atoms with Crippen molar-refractivity contribution in [3.63, 3.8) is 0 Å². The van der Waals surface area contributed by atoms with Crippen LogP contribution in [-0.4, -0.2) is 40.1 Å². The molecular weight excluding hydrogens is 483 g/mol. The Kier molecular flexibility index (Phi) is 6.03. The number of rotatable bonds is 4. The molecule has 4 heterocycles. The van der Waals surface area contributed by atoms with Gasteiger partial charge in [-0.15, -0.1) is 23.1 Å². The molecule has 0 spiro atoms. The first kappa shape index (κ1) is 23.1. The van der Waals surface area contributed by atoms with Crippen molar-refractivity contribution in [3.05, 3.63) is 51.5 Å². The molecule has 0 atom stereocenters. The minimum atomic E-state index is -4.63. The van der Waals surface area contributed by atoms with Crippen molar-refractivity contribution < 1.29 is 18.0 Å². The van der Waals surface area contributed by atoms with Crippen LogP contribution in [0.1, 0.15) is 38.8 Å². The molecule has 6 nitrogen and oxygen atoms in total. The quantitative estimate of drug-likeness (QED) is 0.501. The summed E-state index contributed by atoms with van der Waals surface area (Å²) >= 11 is 2.52. The van der Waals surface area contributed by atoms with Crippen LogP contribution >= 0.6 is 23.1 Å². The van der Waals surface area contributed by atoms with Gasteiger partial charge in [0.1, 0.15) is 10.4 Å². The molecule has 0 bridgehead atoms. The third-order valence-electron chi connectivity index (χ3n) is 5.93. The van der Waals surface area contributed by atoms with Crippen LogP contribution in [0.5, 0.6) is 0 Å². The lowest BCUT2D eigenvalue weighted by atomic mass is 10.0. The lowest BCUT2D eigenvalue weighted by molar-refractivity contribution is -0.137. The number of nitrogens with one attached hydrogen (secondary N) is 2. The first-order valence-electron chi connectivity index (χ1n) is 10.8. The van der Waals surface area contributed by atoms with E-state index < -0.39 is 11.7 Å². The number of alkyl halides is 3. The Hall–Kier alpha value is -2.63. The van der Waals surface area contributed by atoms with E-state index in [-0.39, 0.29) is 17.5 Å². The molecule has 0 unspecified atom stereocenters. The maximum Gasteiger partial charge on any atom is 0.420 e. The van der Waals surface area contributed by atoms with Crippen LogP contribution in [-0.2, 0) is 25.7 Å². The summed E-state index contributed by atoms with van der Waals surface area (Å²) in [6.45, 7) is 4.16. The zero-order valence-electron chi connectivity index (χ0n) is 18.5. The number of aromatic nitrogens is 2. The highest BCUT2D eigenvalue weighted by Crippen LogP contribution is 2.43. The second-order valence-electron chi connectivity index (χ2n) is 8.19. The zero-order valence-corrected chi connectivity index (χ0v) is 20.2. The van der Waals surface area contributed by atoms with E-state index in [0.717, 1.165) is 53.9 Å². The average molecular weight is 506 g/mol. The van der Waals surface area contributed by atoms with Gasteiger partial charge in [0, 0.05) is 49.2 Å². The Morgan fingerprint density at radius 2 is 1.97 bits per heavy atom. The number of hydrogen-bond donors (Lipinski definition) is 2. The summed E-state index contributed by atoms with van der Waals surface area (Å²) in [5.41, 5.74) is 3.05. The van der Waals surface area contributed by atoms with Gasteiger partial charge in [-0.05, 0) is 35.2 Å². The van der Waals surface area contributed by atoms with E-state index in [1.165, 1.54) is 17.3 Å². The number of thioether (sulfide) groups is 1. The van der Waals surface area contributed by atoms with Crippen molar-refractivity contribution >= 4 is 40.6 Å². The Morgan fingerprint density at radius 1 is 1.21 bits per heavy atom. The molecule has 2 aliphatic rings. The van der Waals surface area contributed by atoms with Crippen LogP contribution in [0.2, 0.25) is 0 Å². The first-order valence-corrected chi connectivity index (χ1v) is 12.6. The standard InChI is InChI=1S/C23H22F3N5OS2/c1-3-12-6-13-9-27-10-14(13)7-16(12)29-22-28-11-15(23(24,25)26)19(30-22)17-8-18-20(34-17)21(32)31(2)4-5-33-18/h6-8,11,27H,3-5,9-10H2,1-2H3,(H,28,29,30). The molecule has 2 N–H and O–H groups in total. The molecule has 0 saturated heterocycles. The molecule has 0 saturated carbocycles. The minimum absolute atomic E-state index is 0.0864. The molecule has 34 heavy (non-hydrogen) atoms. The van der Waals surface area contributed by atoms with E-state index in [2.05, 4.69) is 26.7 Å². The molecule has 3 aromatic rings. The normalized spacial score (nSPS) is 15.8. The minimum Gasteiger partial charge on any atom is -0.340 e. The van der Waals surface area contributed by atoms with Crippen molar-refractivity contribution in [1.29, 1.82) is 0 Å². The zero-order chi connectivity index (χ0) is 24.0. The van der Waals surface area contributed by atoms with Crippen LogP contribution in [0, 0.1) is 0 Å².